The zero-order valence-electron chi connectivity index (χ0n) is 19.3. The molecule has 0 saturated carbocycles. The number of anilines is 3. The Morgan fingerprint density at radius 2 is 1.73 bits per heavy atom. The minimum absolute atomic E-state index is 0.00414. The number of ether oxygens (including phenoxy) is 1. The number of nitrogens with zero attached hydrogens (tertiary/aromatic N) is 7. The summed E-state index contributed by atoms with van der Waals surface area (Å²) in [6, 6.07) is 4.33. The normalized spacial score (nSPS) is 12.1. The molecule has 37 heavy (non-hydrogen) atoms. The first kappa shape index (κ1) is 25.9. The van der Waals surface area contributed by atoms with Crippen LogP contribution < -0.4 is 10.2 Å². The average Bonchev–Trinajstić information content (AvgIpc) is 2.86. The van der Waals surface area contributed by atoms with E-state index in [-0.39, 0.29) is 40.8 Å². The van der Waals surface area contributed by atoms with Gasteiger partial charge in [0, 0.05) is 33.1 Å². The lowest BCUT2D eigenvalue weighted by Crippen LogP contribution is -2.24. The van der Waals surface area contributed by atoms with Crippen LogP contribution in [0.5, 0.6) is 0 Å². The Morgan fingerprint density at radius 3 is 2.38 bits per heavy atom. The van der Waals surface area contributed by atoms with Crippen LogP contribution in [0.4, 0.5) is 43.7 Å². The Hall–Kier alpha value is -4.14. The summed E-state index contributed by atoms with van der Waals surface area (Å²) in [6.45, 7) is 0.576. The second-order valence-corrected chi connectivity index (χ2v) is 7.72. The first-order chi connectivity index (χ1) is 17.5. The largest absolute Gasteiger partial charge is 0.418 e. The summed E-state index contributed by atoms with van der Waals surface area (Å²) in [5, 5.41) is 10.5. The highest BCUT2D eigenvalue weighted by Crippen LogP contribution is 2.37. The molecule has 0 aliphatic carbocycles. The molecule has 15 heteroatoms. The minimum Gasteiger partial charge on any atom is -0.383 e. The molecular weight excluding hydrogens is 506 g/mol. The zero-order valence-corrected chi connectivity index (χ0v) is 19.3. The van der Waals surface area contributed by atoms with Gasteiger partial charge in [0.2, 0.25) is 0 Å². The smallest absolute Gasteiger partial charge is 0.383 e. The third-order valence-corrected chi connectivity index (χ3v) is 5.15. The van der Waals surface area contributed by atoms with Crippen LogP contribution in [-0.4, -0.2) is 57.4 Å². The van der Waals surface area contributed by atoms with Crippen molar-refractivity contribution in [3.8, 4) is 11.4 Å². The lowest BCUT2D eigenvalue weighted by molar-refractivity contribution is -0.138. The Balaban J connectivity index is 1.68. The molecule has 0 atom stereocenters. The summed E-state index contributed by atoms with van der Waals surface area (Å²) < 4.78 is 84.9. The van der Waals surface area contributed by atoms with Gasteiger partial charge >= 0.3 is 12.4 Å². The molecule has 9 nitrogen and oxygen atoms in total. The summed E-state index contributed by atoms with van der Waals surface area (Å²) in [4.78, 5) is 17.6. The quantitative estimate of drug-likeness (QED) is 0.344. The van der Waals surface area contributed by atoms with Gasteiger partial charge in [0.1, 0.15) is 22.7 Å². The molecule has 0 saturated heterocycles. The fourth-order valence-electron chi connectivity index (χ4n) is 3.23. The van der Waals surface area contributed by atoms with Crippen LogP contribution >= 0.6 is 0 Å². The van der Waals surface area contributed by atoms with Gasteiger partial charge in [0.25, 0.3) is 0 Å². The van der Waals surface area contributed by atoms with E-state index in [1.54, 1.807) is 7.05 Å². The summed E-state index contributed by atoms with van der Waals surface area (Å²) in [5.41, 5.74) is -2.30. The van der Waals surface area contributed by atoms with Crippen molar-refractivity contribution < 1.29 is 31.1 Å². The Morgan fingerprint density at radius 1 is 0.946 bits per heavy atom. The van der Waals surface area contributed by atoms with E-state index in [0.717, 1.165) is 24.4 Å². The van der Waals surface area contributed by atoms with Gasteiger partial charge in [-0.15, -0.1) is 10.2 Å². The Labute approximate surface area is 205 Å². The molecule has 0 aliphatic rings. The molecule has 4 aromatic rings. The number of fused-ring (bicyclic) bond motifs is 1. The number of pyridine rings is 2. The van der Waals surface area contributed by atoms with Crippen LogP contribution in [0.1, 0.15) is 11.1 Å². The van der Waals surface area contributed by atoms with Crippen LogP contribution in [0, 0.1) is 0 Å². The third kappa shape index (κ3) is 5.82. The summed E-state index contributed by atoms with van der Waals surface area (Å²) in [5.74, 6) is 0.0836. The number of halogens is 6. The highest BCUT2D eigenvalue weighted by atomic mass is 19.4. The maximum Gasteiger partial charge on any atom is 0.418 e. The fourth-order valence-corrected chi connectivity index (χ4v) is 3.23. The molecule has 0 aliphatic heterocycles. The molecule has 1 N–H and O–H groups in total. The average molecular weight is 524 g/mol. The van der Waals surface area contributed by atoms with E-state index >= 15 is 0 Å². The first-order valence-corrected chi connectivity index (χ1v) is 10.5. The van der Waals surface area contributed by atoms with Crippen molar-refractivity contribution in [1.82, 2.24) is 30.1 Å². The number of nitrogens with one attached hydrogen (secondary N) is 1. The van der Waals surface area contributed by atoms with Gasteiger partial charge < -0.3 is 15.0 Å². The van der Waals surface area contributed by atoms with E-state index in [1.807, 2.05) is 0 Å². The van der Waals surface area contributed by atoms with Gasteiger partial charge in [-0.2, -0.15) is 26.3 Å². The van der Waals surface area contributed by atoms with Crippen molar-refractivity contribution in [2.45, 2.75) is 12.4 Å². The third-order valence-electron chi connectivity index (χ3n) is 5.15. The van der Waals surface area contributed by atoms with Gasteiger partial charge in [-0.3, -0.25) is 0 Å². The van der Waals surface area contributed by atoms with Gasteiger partial charge in [-0.05, 0) is 24.3 Å². The van der Waals surface area contributed by atoms with Gasteiger partial charge in [-0.25, -0.2) is 19.9 Å². The molecule has 0 amide bonds. The second kappa shape index (κ2) is 10.1. The molecule has 0 aromatic carbocycles. The Bertz CT molecular complexity index is 1400. The van der Waals surface area contributed by atoms with Gasteiger partial charge in [0.05, 0.1) is 29.6 Å². The van der Waals surface area contributed by atoms with Crippen LogP contribution in [0.15, 0.2) is 42.9 Å². The second-order valence-electron chi connectivity index (χ2n) is 7.72. The monoisotopic (exact) mass is 524 g/mol. The van der Waals surface area contributed by atoms with E-state index in [1.165, 1.54) is 24.3 Å². The molecular formula is C22H18F6N8O. The molecule has 4 rings (SSSR count). The van der Waals surface area contributed by atoms with Gasteiger partial charge in [-0.1, -0.05) is 0 Å². The number of likely N-dealkylation sites (N-methyl/N-ethyl adjacent to an activating group) is 1. The number of hydrogen-bond donors (Lipinski definition) is 1. The minimum atomic E-state index is -4.76. The van der Waals surface area contributed by atoms with E-state index < -0.39 is 29.2 Å². The molecule has 4 heterocycles. The number of aromatic nitrogens is 6. The molecule has 0 spiro atoms. The van der Waals surface area contributed by atoms with Crippen LogP contribution in [0.25, 0.3) is 22.6 Å². The van der Waals surface area contributed by atoms with E-state index in [4.69, 9.17) is 4.74 Å². The predicted molar refractivity (Wildman–Crippen MR) is 121 cm³/mol. The summed E-state index contributed by atoms with van der Waals surface area (Å²) in [6.07, 6.45) is -6.22. The molecule has 4 aromatic heterocycles. The first-order valence-electron chi connectivity index (χ1n) is 10.5. The molecule has 0 unspecified atom stereocenters. The predicted octanol–water partition coefficient (Wildman–Crippen LogP) is 4.74. The number of hydrogen-bond acceptors (Lipinski definition) is 9. The number of alkyl halides is 6. The topological polar surface area (TPSA) is 102 Å². The number of rotatable bonds is 7. The fraction of sp³-hybridized carbons (Fsp3) is 0.273. The van der Waals surface area contributed by atoms with Crippen molar-refractivity contribution in [3.05, 3.63) is 54.0 Å². The lowest BCUT2D eigenvalue weighted by atomic mass is 10.1. The summed E-state index contributed by atoms with van der Waals surface area (Å²) in [7, 11) is 3.03. The van der Waals surface area contributed by atoms with E-state index in [9.17, 15) is 26.3 Å². The highest BCUT2D eigenvalue weighted by Gasteiger charge is 2.36. The summed E-state index contributed by atoms with van der Waals surface area (Å²) >= 11 is 0. The maximum atomic E-state index is 13.9. The molecule has 0 radical (unpaired) electrons. The van der Waals surface area contributed by atoms with Crippen molar-refractivity contribution in [2.75, 3.05) is 37.5 Å². The van der Waals surface area contributed by atoms with Crippen LogP contribution in [0.3, 0.4) is 0 Å². The SMILES string of the molecule is COCCN(C)c1cc(C(F)(F)F)c(-c2cnc3c(Nc4ccc(C(F)(F)F)cn4)ccnc3n2)nn1. The molecule has 194 valence electrons. The lowest BCUT2D eigenvalue weighted by Gasteiger charge is -2.19. The van der Waals surface area contributed by atoms with Crippen molar-refractivity contribution in [3.63, 3.8) is 0 Å². The molecule has 0 bridgehead atoms. The van der Waals surface area contributed by atoms with Gasteiger partial charge in [0.15, 0.2) is 11.5 Å². The Kier molecular flexibility index (Phi) is 7.07. The molecule has 0 fully saturated rings. The van der Waals surface area contributed by atoms with Crippen LogP contribution in [0.2, 0.25) is 0 Å². The highest BCUT2D eigenvalue weighted by molar-refractivity contribution is 5.87. The number of methoxy groups -OCH3 is 1. The van der Waals surface area contributed by atoms with E-state index in [2.05, 4.69) is 35.5 Å². The standard InChI is InChI=1S/C22H18F6N8O/c1-36(7-8-37-2)17-9-13(22(26,27)28)18(35-34-17)15-11-31-19-14(5-6-29-20(19)33-15)32-16-4-3-12(10-30-16)21(23,24)25/h3-6,9-11H,7-8H2,1-2H3,(H,29,30,32,33). The van der Waals surface area contributed by atoms with Crippen LogP contribution in [-0.2, 0) is 17.1 Å². The van der Waals surface area contributed by atoms with E-state index in [0.29, 0.717) is 12.7 Å². The zero-order chi connectivity index (χ0) is 26.8. The van der Waals surface area contributed by atoms with Crippen molar-refractivity contribution in [1.29, 1.82) is 0 Å². The van der Waals surface area contributed by atoms with Crippen molar-refractivity contribution in [2.24, 2.45) is 0 Å². The van der Waals surface area contributed by atoms with Crippen molar-refractivity contribution >= 4 is 28.5 Å². The maximum absolute atomic E-state index is 13.9.